The molecule has 0 bridgehead atoms. The van der Waals surface area contributed by atoms with E-state index in [-0.39, 0.29) is 0 Å². The largest absolute Gasteiger partial charge is 0.454 e. The number of amides is 4. The third kappa shape index (κ3) is 6.13. The second-order valence-electron chi connectivity index (χ2n) is 6.07. The number of nitrogens with zero attached hydrogens (tertiary/aromatic N) is 1. The number of likely N-dealkylation sites (tertiary alicyclic amines) is 1. The fraction of sp³-hybridized carbons (Fsp3) is 0.714. The first-order valence-corrected chi connectivity index (χ1v) is 7.32. The second kappa shape index (κ2) is 7.80. The van der Waals surface area contributed by atoms with Crippen LogP contribution in [0.5, 0.6) is 0 Å². The Labute approximate surface area is 134 Å². The Balaban J connectivity index is 2.53. The average Bonchev–Trinajstić information content (AvgIpc) is 2.92. The predicted octanol–water partition coefficient (Wildman–Crippen LogP) is 0.385. The third-order valence-electron chi connectivity index (χ3n) is 2.98. The monoisotopic (exact) mass is 329 g/mol. The molecule has 0 aromatic carbocycles. The van der Waals surface area contributed by atoms with E-state index >= 15 is 0 Å². The van der Waals surface area contributed by atoms with E-state index in [1.165, 1.54) is 11.9 Å². The van der Waals surface area contributed by atoms with Gasteiger partial charge in [0.2, 0.25) is 0 Å². The Morgan fingerprint density at radius 1 is 1.22 bits per heavy atom. The Morgan fingerprint density at radius 2 is 1.87 bits per heavy atom. The summed E-state index contributed by atoms with van der Waals surface area (Å²) >= 11 is 0. The van der Waals surface area contributed by atoms with Crippen LogP contribution in [-0.4, -0.2) is 60.7 Å². The molecule has 1 heterocycles. The van der Waals surface area contributed by atoms with Gasteiger partial charge in [-0.15, -0.1) is 0 Å². The van der Waals surface area contributed by atoms with Gasteiger partial charge >= 0.3 is 18.1 Å². The highest BCUT2D eigenvalue weighted by Crippen LogP contribution is 2.21. The smallest absolute Gasteiger partial charge is 0.411 e. The summed E-state index contributed by atoms with van der Waals surface area (Å²) in [6.45, 7) is 5.00. The molecule has 1 saturated heterocycles. The topological polar surface area (TPSA) is 114 Å². The van der Waals surface area contributed by atoms with Crippen molar-refractivity contribution in [2.45, 2.75) is 45.3 Å². The summed E-state index contributed by atoms with van der Waals surface area (Å²) in [6.07, 6.45) is 0.491. The zero-order valence-electron chi connectivity index (χ0n) is 13.8. The van der Waals surface area contributed by atoms with E-state index in [0.717, 1.165) is 0 Å². The van der Waals surface area contributed by atoms with Gasteiger partial charge in [-0.2, -0.15) is 0 Å². The van der Waals surface area contributed by atoms with E-state index in [1.54, 1.807) is 20.8 Å². The van der Waals surface area contributed by atoms with Gasteiger partial charge in [0.1, 0.15) is 11.6 Å². The van der Waals surface area contributed by atoms with Crippen LogP contribution < -0.4 is 10.6 Å². The molecule has 0 spiro atoms. The minimum Gasteiger partial charge on any atom is -0.454 e. The molecular weight excluding hydrogens is 306 g/mol. The minimum atomic E-state index is -0.780. The first kappa shape index (κ1) is 18.7. The number of rotatable bonds is 3. The van der Waals surface area contributed by atoms with Crippen LogP contribution in [0.4, 0.5) is 9.59 Å². The van der Waals surface area contributed by atoms with Gasteiger partial charge in [0.25, 0.3) is 5.91 Å². The summed E-state index contributed by atoms with van der Waals surface area (Å²) < 4.78 is 10.1. The lowest BCUT2D eigenvalue weighted by atomic mass is 10.2. The van der Waals surface area contributed by atoms with Crippen LogP contribution in [0.2, 0.25) is 0 Å². The first-order chi connectivity index (χ1) is 10.6. The molecule has 1 aliphatic heterocycles. The lowest BCUT2D eigenvalue weighted by molar-refractivity contribution is -0.152. The van der Waals surface area contributed by atoms with E-state index in [9.17, 15) is 19.2 Å². The van der Waals surface area contributed by atoms with Crippen molar-refractivity contribution in [3.8, 4) is 0 Å². The zero-order valence-corrected chi connectivity index (χ0v) is 13.8. The molecule has 0 radical (unpaired) electrons. The fourth-order valence-corrected chi connectivity index (χ4v) is 2.01. The molecule has 23 heavy (non-hydrogen) atoms. The lowest BCUT2D eigenvalue weighted by Crippen LogP contribution is -2.45. The van der Waals surface area contributed by atoms with Crippen molar-refractivity contribution in [2.24, 2.45) is 0 Å². The lowest BCUT2D eigenvalue weighted by Gasteiger charge is -2.27. The van der Waals surface area contributed by atoms with Crippen molar-refractivity contribution in [3.05, 3.63) is 0 Å². The number of hydrogen-bond acceptors (Lipinski definition) is 6. The van der Waals surface area contributed by atoms with E-state index in [2.05, 4.69) is 5.32 Å². The summed E-state index contributed by atoms with van der Waals surface area (Å²) in [6, 6.07) is -1.47. The van der Waals surface area contributed by atoms with Crippen molar-refractivity contribution in [1.82, 2.24) is 15.5 Å². The number of nitrogens with one attached hydrogen (secondary N) is 2. The Morgan fingerprint density at radius 3 is 2.43 bits per heavy atom. The number of ether oxygens (including phenoxy) is 2. The van der Waals surface area contributed by atoms with Gasteiger partial charge in [-0.25, -0.2) is 14.4 Å². The molecule has 9 heteroatoms. The van der Waals surface area contributed by atoms with Gasteiger partial charge in [-0.3, -0.25) is 15.0 Å². The maximum absolute atomic E-state index is 12.1. The van der Waals surface area contributed by atoms with Crippen LogP contribution in [0, 0.1) is 0 Å². The highest BCUT2D eigenvalue weighted by molar-refractivity contribution is 5.95. The fourth-order valence-electron chi connectivity index (χ4n) is 2.01. The van der Waals surface area contributed by atoms with Crippen molar-refractivity contribution in [3.63, 3.8) is 0 Å². The molecule has 1 fully saturated rings. The number of hydrogen-bond donors (Lipinski definition) is 2. The molecule has 0 aromatic heterocycles. The molecule has 9 nitrogen and oxygen atoms in total. The summed E-state index contributed by atoms with van der Waals surface area (Å²) in [4.78, 5) is 47.7. The molecule has 1 aliphatic rings. The quantitative estimate of drug-likeness (QED) is 0.724. The zero-order chi connectivity index (χ0) is 17.6. The maximum Gasteiger partial charge on any atom is 0.411 e. The molecule has 1 atom stereocenters. The Hall–Kier alpha value is -2.32. The normalized spacial score (nSPS) is 17.4. The molecule has 4 amide bonds. The van der Waals surface area contributed by atoms with Gasteiger partial charge in [-0.1, -0.05) is 0 Å². The van der Waals surface area contributed by atoms with Crippen molar-refractivity contribution in [1.29, 1.82) is 0 Å². The minimum absolute atomic E-state index is 0.388. The van der Waals surface area contributed by atoms with Gasteiger partial charge in [-0.05, 0) is 33.6 Å². The average molecular weight is 329 g/mol. The molecular formula is C14H23N3O6. The van der Waals surface area contributed by atoms with Crippen molar-refractivity contribution < 1.29 is 28.7 Å². The number of carbonyl (C=O) groups excluding carboxylic acids is 4. The van der Waals surface area contributed by atoms with Crippen LogP contribution in [0.15, 0.2) is 0 Å². The summed E-state index contributed by atoms with van der Waals surface area (Å²) in [7, 11) is 1.35. The summed E-state index contributed by atoms with van der Waals surface area (Å²) in [5.41, 5.74) is -0.665. The highest BCUT2D eigenvalue weighted by Gasteiger charge is 2.37. The SMILES string of the molecule is CNC(=O)NC(=O)COC(=O)[C@@H]1CCCN1C(=O)OC(C)(C)C. The number of urea groups is 1. The van der Waals surface area contributed by atoms with Crippen molar-refractivity contribution >= 4 is 24.0 Å². The highest BCUT2D eigenvalue weighted by atomic mass is 16.6. The molecule has 2 N–H and O–H groups in total. The van der Waals surface area contributed by atoms with E-state index in [4.69, 9.17) is 9.47 Å². The number of esters is 1. The van der Waals surface area contributed by atoms with Gasteiger partial charge in [0.15, 0.2) is 6.61 Å². The Kier molecular flexibility index (Phi) is 6.35. The van der Waals surface area contributed by atoms with E-state index in [1.807, 2.05) is 5.32 Å². The van der Waals surface area contributed by atoms with Crippen LogP contribution in [0.25, 0.3) is 0 Å². The second-order valence-corrected chi connectivity index (χ2v) is 6.07. The first-order valence-electron chi connectivity index (χ1n) is 7.32. The van der Waals surface area contributed by atoms with Crippen LogP contribution in [0.3, 0.4) is 0 Å². The summed E-state index contributed by atoms with van der Waals surface area (Å²) in [5.74, 6) is -1.44. The molecule has 0 aliphatic carbocycles. The number of imide groups is 1. The van der Waals surface area contributed by atoms with Crippen LogP contribution in [0.1, 0.15) is 33.6 Å². The molecule has 0 aromatic rings. The van der Waals surface area contributed by atoms with Gasteiger partial charge in [0, 0.05) is 13.6 Å². The number of carbonyl (C=O) groups is 4. The third-order valence-corrected chi connectivity index (χ3v) is 2.98. The van der Waals surface area contributed by atoms with E-state index < -0.39 is 42.3 Å². The maximum atomic E-state index is 12.1. The van der Waals surface area contributed by atoms with E-state index in [0.29, 0.717) is 19.4 Å². The van der Waals surface area contributed by atoms with Crippen LogP contribution in [-0.2, 0) is 19.1 Å². The Bertz CT molecular complexity index is 485. The predicted molar refractivity (Wildman–Crippen MR) is 79.5 cm³/mol. The van der Waals surface area contributed by atoms with Gasteiger partial charge in [0.05, 0.1) is 0 Å². The molecule has 0 saturated carbocycles. The van der Waals surface area contributed by atoms with Crippen LogP contribution >= 0.6 is 0 Å². The molecule has 130 valence electrons. The van der Waals surface area contributed by atoms with Gasteiger partial charge < -0.3 is 14.8 Å². The standard InChI is InChI=1S/C14H23N3O6/c1-14(2,3)23-13(21)17-7-5-6-9(17)11(19)22-8-10(18)16-12(20)15-4/h9H,5-8H2,1-4H3,(H2,15,16,18,20)/t9-/m0/s1. The molecule has 1 rings (SSSR count). The summed E-state index contributed by atoms with van der Waals surface area (Å²) in [5, 5.41) is 4.17. The van der Waals surface area contributed by atoms with Crippen molar-refractivity contribution in [2.75, 3.05) is 20.2 Å². The molecule has 0 unspecified atom stereocenters.